The SMILES string of the molecule is CNCCC1(C)/C(=C\C=O)CCC2(C)C3CCC(=O)C3(C)CCC12. The van der Waals surface area contributed by atoms with E-state index in [1.54, 1.807) is 0 Å². The summed E-state index contributed by atoms with van der Waals surface area (Å²) in [6.07, 6.45) is 9.99. The maximum Gasteiger partial charge on any atom is 0.142 e. The molecule has 0 saturated heterocycles. The molecule has 0 aromatic carbocycles. The molecule has 1 N–H and O–H groups in total. The van der Waals surface area contributed by atoms with Crippen molar-refractivity contribution in [2.24, 2.45) is 28.1 Å². The summed E-state index contributed by atoms with van der Waals surface area (Å²) in [5, 5.41) is 3.30. The van der Waals surface area contributed by atoms with E-state index in [9.17, 15) is 9.59 Å². The molecule has 5 unspecified atom stereocenters. The van der Waals surface area contributed by atoms with Gasteiger partial charge in [0.15, 0.2) is 0 Å². The van der Waals surface area contributed by atoms with Gasteiger partial charge in [-0.25, -0.2) is 0 Å². The molecule has 3 fully saturated rings. The number of carbonyl (C=O) groups excluding carboxylic acids is 2. The van der Waals surface area contributed by atoms with Crippen LogP contribution in [0.15, 0.2) is 11.6 Å². The van der Waals surface area contributed by atoms with Crippen LogP contribution in [0, 0.1) is 28.1 Å². The van der Waals surface area contributed by atoms with Crippen molar-refractivity contribution in [3.8, 4) is 0 Å². The number of hydrogen-bond donors (Lipinski definition) is 1. The second-order valence-corrected chi connectivity index (χ2v) is 9.13. The van der Waals surface area contributed by atoms with Gasteiger partial charge in [0.25, 0.3) is 0 Å². The van der Waals surface area contributed by atoms with Gasteiger partial charge in [0.2, 0.25) is 0 Å². The van der Waals surface area contributed by atoms with Gasteiger partial charge >= 0.3 is 0 Å². The lowest BCUT2D eigenvalue weighted by molar-refractivity contribution is -0.141. The quantitative estimate of drug-likeness (QED) is 0.627. The van der Waals surface area contributed by atoms with Gasteiger partial charge in [-0.05, 0) is 80.9 Å². The van der Waals surface area contributed by atoms with Crippen LogP contribution in [0.5, 0.6) is 0 Å². The summed E-state index contributed by atoms with van der Waals surface area (Å²) in [4.78, 5) is 23.8. The van der Waals surface area contributed by atoms with Crippen molar-refractivity contribution < 1.29 is 9.59 Å². The number of fused-ring (bicyclic) bond motifs is 3. The van der Waals surface area contributed by atoms with E-state index >= 15 is 0 Å². The van der Waals surface area contributed by atoms with Gasteiger partial charge < -0.3 is 5.32 Å². The van der Waals surface area contributed by atoms with Crippen LogP contribution in [0.25, 0.3) is 0 Å². The minimum absolute atomic E-state index is 0.0733. The first kappa shape index (κ1) is 17.8. The fourth-order valence-electron chi connectivity index (χ4n) is 6.85. The van der Waals surface area contributed by atoms with E-state index in [-0.39, 0.29) is 16.2 Å². The van der Waals surface area contributed by atoms with Crippen LogP contribution in [0.2, 0.25) is 0 Å². The predicted molar refractivity (Wildman–Crippen MR) is 96.7 cm³/mol. The highest BCUT2D eigenvalue weighted by atomic mass is 16.1. The Balaban J connectivity index is 2.01. The van der Waals surface area contributed by atoms with E-state index in [1.165, 1.54) is 5.57 Å². The summed E-state index contributed by atoms with van der Waals surface area (Å²) in [6, 6.07) is 0. The monoisotopic (exact) mass is 331 g/mol. The molecule has 5 atom stereocenters. The molecule has 0 aromatic heterocycles. The molecule has 3 heteroatoms. The molecule has 0 heterocycles. The Morgan fingerprint density at radius 1 is 1.12 bits per heavy atom. The largest absolute Gasteiger partial charge is 0.320 e. The molecule has 0 spiro atoms. The van der Waals surface area contributed by atoms with E-state index in [2.05, 4.69) is 26.1 Å². The Labute approximate surface area is 146 Å². The maximum atomic E-state index is 12.6. The smallest absolute Gasteiger partial charge is 0.142 e. The number of ketones is 1. The first-order valence-electron chi connectivity index (χ1n) is 9.65. The highest BCUT2D eigenvalue weighted by Gasteiger charge is 2.63. The van der Waals surface area contributed by atoms with Crippen molar-refractivity contribution in [3.05, 3.63) is 11.6 Å². The molecular formula is C21H33NO2. The first-order chi connectivity index (χ1) is 11.3. The number of hydrogen-bond acceptors (Lipinski definition) is 3. The average molecular weight is 332 g/mol. The second kappa shape index (κ2) is 6.09. The minimum atomic E-state index is -0.0962. The average Bonchev–Trinajstić information content (AvgIpc) is 2.85. The third kappa shape index (κ3) is 2.34. The van der Waals surface area contributed by atoms with E-state index in [0.717, 1.165) is 57.8 Å². The molecule has 0 amide bonds. The van der Waals surface area contributed by atoms with Gasteiger partial charge in [-0.1, -0.05) is 26.3 Å². The summed E-state index contributed by atoms with van der Waals surface area (Å²) >= 11 is 0. The molecule has 0 bridgehead atoms. The van der Waals surface area contributed by atoms with E-state index < -0.39 is 0 Å². The zero-order valence-electron chi connectivity index (χ0n) is 15.8. The standard InChI is InChI=1S/C21H33NO2/c1-19(12-13-22-4)15(9-14-23)7-10-20(2)16-5-6-18(24)21(16,3)11-8-17(19)20/h9,14,16-17,22H,5-8,10-13H2,1-4H3/b15-9-. The highest BCUT2D eigenvalue weighted by molar-refractivity contribution is 5.87. The first-order valence-corrected chi connectivity index (χ1v) is 9.65. The molecule has 3 aliphatic carbocycles. The van der Waals surface area contributed by atoms with Gasteiger partial charge in [-0.3, -0.25) is 9.59 Å². The molecule has 0 aliphatic heterocycles. The van der Waals surface area contributed by atoms with Gasteiger partial charge in [-0.2, -0.15) is 0 Å². The van der Waals surface area contributed by atoms with Crippen LogP contribution < -0.4 is 5.32 Å². The van der Waals surface area contributed by atoms with Crippen LogP contribution in [0.4, 0.5) is 0 Å². The van der Waals surface area contributed by atoms with Crippen molar-refractivity contribution in [1.29, 1.82) is 0 Å². The topological polar surface area (TPSA) is 46.2 Å². The molecular weight excluding hydrogens is 298 g/mol. The number of aldehydes is 1. The van der Waals surface area contributed by atoms with Gasteiger partial charge in [0, 0.05) is 11.8 Å². The molecule has 134 valence electrons. The zero-order chi connectivity index (χ0) is 17.6. The number of allylic oxidation sites excluding steroid dienone is 2. The Kier molecular flexibility index (Phi) is 4.53. The minimum Gasteiger partial charge on any atom is -0.320 e. The fourth-order valence-corrected chi connectivity index (χ4v) is 6.85. The van der Waals surface area contributed by atoms with E-state index in [0.29, 0.717) is 17.6 Å². The normalized spacial score (nSPS) is 46.7. The van der Waals surface area contributed by atoms with Crippen molar-refractivity contribution >= 4 is 12.1 Å². The molecule has 0 radical (unpaired) electrons. The van der Waals surface area contributed by atoms with Crippen LogP contribution in [0.1, 0.15) is 65.7 Å². The lowest BCUT2D eigenvalue weighted by atomic mass is 9.42. The second-order valence-electron chi connectivity index (χ2n) is 9.13. The molecule has 24 heavy (non-hydrogen) atoms. The summed E-state index contributed by atoms with van der Waals surface area (Å²) in [7, 11) is 2.00. The summed E-state index contributed by atoms with van der Waals surface area (Å²) in [5.74, 6) is 1.59. The third-order valence-corrected chi connectivity index (χ3v) is 8.21. The van der Waals surface area contributed by atoms with E-state index in [4.69, 9.17) is 0 Å². The summed E-state index contributed by atoms with van der Waals surface area (Å²) in [5.41, 5.74) is 1.54. The molecule has 3 saturated carbocycles. The van der Waals surface area contributed by atoms with Gasteiger partial charge in [-0.15, -0.1) is 0 Å². The van der Waals surface area contributed by atoms with Gasteiger partial charge in [0.1, 0.15) is 12.1 Å². The number of carbonyl (C=O) groups is 2. The molecule has 3 rings (SSSR count). The van der Waals surface area contributed by atoms with Crippen LogP contribution in [-0.2, 0) is 9.59 Å². The molecule has 3 aliphatic rings. The maximum absolute atomic E-state index is 12.6. The highest BCUT2D eigenvalue weighted by Crippen LogP contribution is 2.69. The fraction of sp³-hybridized carbons (Fsp3) is 0.810. The van der Waals surface area contributed by atoms with Crippen molar-refractivity contribution in [1.82, 2.24) is 5.32 Å². The van der Waals surface area contributed by atoms with Crippen molar-refractivity contribution in [2.45, 2.75) is 65.7 Å². The number of nitrogens with one attached hydrogen (secondary N) is 1. The zero-order valence-corrected chi connectivity index (χ0v) is 15.8. The van der Waals surface area contributed by atoms with Gasteiger partial charge in [0.05, 0.1) is 0 Å². The lowest BCUT2D eigenvalue weighted by Gasteiger charge is -2.62. The Morgan fingerprint density at radius 3 is 2.54 bits per heavy atom. The molecule has 3 nitrogen and oxygen atoms in total. The summed E-state index contributed by atoms with van der Waals surface area (Å²) in [6.45, 7) is 8.03. The Hall–Kier alpha value is -0.960. The number of rotatable bonds is 4. The number of Topliss-reactive ketones (excluding diaryl/α,β-unsaturated/α-hetero) is 1. The Morgan fingerprint density at radius 2 is 1.88 bits per heavy atom. The summed E-state index contributed by atoms with van der Waals surface area (Å²) < 4.78 is 0. The van der Waals surface area contributed by atoms with Crippen LogP contribution in [-0.4, -0.2) is 25.7 Å². The van der Waals surface area contributed by atoms with Crippen LogP contribution in [0.3, 0.4) is 0 Å². The van der Waals surface area contributed by atoms with Crippen molar-refractivity contribution in [2.75, 3.05) is 13.6 Å². The van der Waals surface area contributed by atoms with E-state index in [1.807, 2.05) is 13.1 Å². The Bertz CT molecular complexity index is 568. The lowest BCUT2D eigenvalue weighted by Crippen LogP contribution is -2.56. The van der Waals surface area contributed by atoms with Crippen molar-refractivity contribution in [3.63, 3.8) is 0 Å². The molecule has 0 aromatic rings. The van der Waals surface area contributed by atoms with Crippen LogP contribution >= 0.6 is 0 Å². The third-order valence-electron chi connectivity index (χ3n) is 8.21. The predicted octanol–water partition coefficient (Wildman–Crippen LogP) is 3.92.